The van der Waals surface area contributed by atoms with Crippen LogP contribution in [0.2, 0.25) is 10.0 Å². The molecule has 0 radical (unpaired) electrons. The van der Waals surface area contributed by atoms with Crippen molar-refractivity contribution in [3.05, 3.63) is 33.8 Å². The van der Waals surface area contributed by atoms with Gasteiger partial charge in [0.15, 0.2) is 0 Å². The molecule has 4 N–H and O–H groups in total. The topological polar surface area (TPSA) is 133 Å². The van der Waals surface area contributed by atoms with E-state index in [-0.39, 0.29) is 16.5 Å². The van der Waals surface area contributed by atoms with Crippen LogP contribution in [0.15, 0.2) is 18.2 Å². The Bertz CT molecular complexity index is 689. The van der Waals surface area contributed by atoms with Crippen LogP contribution in [0.4, 0.5) is 0 Å². The zero-order valence-corrected chi connectivity index (χ0v) is 14.1. The van der Waals surface area contributed by atoms with Crippen LogP contribution < -0.4 is 10.0 Å². The second kappa shape index (κ2) is 7.93. The van der Waals surface area contributed by atoms with Gasteiger partial charge in [0, 0.05) is 10.0 Å². The maximum absolute atomic E-state index is 12.0. The standard InChI is InChI=1S/C12H14Cl2N2O6S/c1-6(16-23(20,21)22)11(12(18)19)15-10(17)5-7-8(13)3-2-4-9(7)14/h2-4,6,11,16H,5H2,1H3,(H,15,17)(H,18,19)(H,20,21,22)/t6-,11-/m0/s1. The van der Waals surface area contributed by atoms with Gasteiger partial charge in [-0.2, -0.15) is 13.1 Å². The first-order valence-corrected chi connectivity index (χ1v) is 8.40. The maximum atomic E-state index is 12.0. The fourth-order valence-corrected chi connectivity index (χ4v) is 2.93. The molecule has 0 heterocycles. The third-order valence-electron chi connectivity index (χ3n) is 2.82. The molecule has 0 fully saturated rings. The van der Waals surface area contributed by atoms with Crippen molar-refractivity contribution in [1.82, 2.24) is 10.0 Å². The minimum atomic E-state index is -4.62. The molecule has 0 aliphatic rings. The number of aliphatic carboxylic acids is 1. The molecule has 0 saturated carbocycles. The number of nitrogens with one attached hydrogen (secondary N) is 2. The molecule has 0 unspecified atom stereocenters. The van der Waals surface area contributed by atoms with Crippen LogP contribution in [0.1, 0.15) is 12.5 Å². The van der Waals surface area contributed by atoms with E-state index in [0.29, 0.717) is 5.56 Å². The third kappa shape index (κ3) is 6.32. The normalized spacial score (nSPS) is 14.1. The van der Waals surface area contributed by atoms with Crippen molar-refractivity contribution in [3.63, 3.8) is 0 Å². The molecule has 0 aliphatic carbocycles. The first-order chi connectivity index (χ1) is 10.5. The lowest BCUT2D eigenvalue weighted by Crippen LogP contribution is -2.54. The number of amides is 1. The van der Waals surface area contributed by atoms with Crippen LogP contribution in [0.25, 0.3) is 0 Å². The minimum absolute atomic E-state index is 0.239. The predicted molar refractivity (Wildman–Crippen MR) is 83.9 cm³/mol. The summed E-state index contributed by atoms with van der Waals surface area (Å²) in [5.74, 6) is -2.20. The summed E-state index contributed by atoms with van der Waals surface area (Å²) in [6, 6.07) is 1.75. The average Bonchev–Trinajstić information content (AvgIpc) is 2.38. The van der Waals surface area contributed by atoms with E-state index in [2.05, 4.69) is 5.32 Å². The number of carbonyl (C=O) groups excluding carboxylic acids is 1. The number of benzene rings is 1. The first-order valence-electron chi connectivity index (χ1n) is 6.21. The Morgan fingerprint density at radius 3 is 2.22 bits per heavy atom. The van der Waals surface area contributed by atoms with Gasteiger partial charge in [-0.25, -0.2) is 4.79 Å². The summed E-state index contributed by atoms with van der Waals surface area (Å²) < 4.78 is 31.8. The van der Waals surface area contributed by atoms with Gasteiger partial charge >= 0.3 is 16.3 Å². The fraction of sp³-hybridized carbons (Fsp3) is 0.333. The molecule has 0 aliphatic heterocycles. The fourth-order valence-electron chi connectivity index (χ4n) is 1.79. The maximum Gasteiger partial charge on any atom is 0.333 e. The molecule has 2 atom stereocenters. The Kier molecular flexibility index (Phi) is 6.78. The van der Waals surface area contributed by atoms with Gasteiger partial charge in [0.05, 0.1) is 12.5 Å². The number of hydrogen-bond donors (Lipinski definition) is 4. The van der Waals surface area contributed by atoms with Crippen LogP contribution in [0, 0.1) is 0 Å². The lowest BCUT2D eigenvalue weighted by atomic mass is 10.1. The molecule has 11 heteroatoms. The van der Waals surface area contributed by atoms with Crippen LogP contribution in [-0.4, -0.2) is 42.0 Å². The summed E-state index contributed by atoms with van der Waals surface area (Å²) in [5.41, 5.74) is 0.313. The van der Waals surface area contributed by atoms with E-state index in [4.69, 9.17) is 32.9 Å². The lowest BCUT2D eigenvalue weighted by molar-refractivity contribution is -0.142. The van der Waals surface area contributed by atoms with E-state index in [1.165, 1.54) is 19.1 Å². The largest absolute Gasteiger partial charge is 0.480 e. The molecule has 1 aromatic carbocycles. The highest BCUT2D eigenvalue weighted by Gasteiger charge is 2.29. The Morgan fingerprint density at radius 2 is 1.78 bits per heavy atom. The highest BCUT2D eigenvalue weighted by Crippen LogP contribution is 2.24. The van der Waals surface area contributed by atoms with Gasteiger partial charge in [0.2, 0.25) is 5.91 Å². The van der Waals surface area contributed by atoms with E-state index >= 15 is 0 Å². The van der Waals surface area contributed by atoms with Crippen molar-refractivity contribution in [1.29, 1.82) is 0 Å². The van der Waals surface area contributed by atoms with E-state index in [0.717, 1.165) is 0 Å². The Balaban J connectivity index is 2.85. The summed E-state index contributed by atoms with van der Waals surface area (Å²) in [4.78, 5) is 23.1. The monoisotopic (exact) mass is 384 g/mol. The van der Waals surface area contributed by atoms with Gasteiger partial charge in [-0.15, -0.1) is 0 Å². The van der Waals surface area contributed by atoms with E-state index < -0.39 is 34.3 Å². The number of rotatable bonds is 7. The van der Waals surface area contributed by atoms with Gasteiger partial charge in [-0.1, -0.05) is 29.3 Å². The quantitative estimate of drug-likeness (QED) is 0.515. The number of halogens is 2. The smallest absolute Gasteiger partial charge is 0.333 e. The summed E-state index contributed by atoms with van der Waals surface area (Å²) in [6.45, 7) is 1.18. The zero-order chi connectivity index (χ0) is 17.8. The second-order valence-corrected chi connectivity index (χ2v) is 6.64. The van der Waals surface area contributed by atoms with Gasteiger partial charge in [0.25, 0.3) is 0 Å². The second-order valence-electron chi connectivity index (χ2n) is 4.64. The van der Waals surface area contributed by atoms with Crippen molar-refractivity contribution in [2.45, 2.75) is 25.4 Å². The molecule has 0 saturated heterocycles. The SMILES string of the molecule is C[C@H](NS(=O)(=O)O)[C@H](NC(=O)Cc1c(Cl)cccc1Cl)C(=O)O. The highest BCUT2D eigenvalue weighted by molar-refractivity contribution is 7.83. The molecule has 0 bridgehead atoms. The molecule has 1 aromatic rings. The summed E-state index contributed by atoms with van der Waals surface area (Å²) in [7, 11) is -4.62. The average molecular weight is 385 g/mol. The number of hydrogen-bond acceptors (Lipinski definition) is 4. The van der Waals surface area contributed by atoms with Gasteiger partial charge in [-0.3, -0.25) is 9.35 Å². The molecule has 23 heavy (non-hydrogen) atoms. The summed E-state index contributed by atoms with van der Waals surface area (Å²) in [6.07, 6.45) is -0.291. The molecular weight excluding hydrogens is 371 g/mol. The molecule has 0 aromatic heterocycles. The molecule has 128 valence electrons. The highest BCUT2D eigenvalue weighted by atomic mass is 35.5. The van der Waals surface area contributed by atoms with Crippen LogP contribution >= 0.6 is 23.2 Å². The molecule has 1 rings (SSSR count). The molecule has 0 spiro atoms. The molecule has 8 nitrogen and oxygen atoms in total. The predicted octanol–water partition coefficient (Wildman–Crippen LogP) is 0.886. The minimum Gasteiger partial charge on any atom is -0.480 e. The molecule has 1 amide bonds. The summed E-state index contributed by atoms with van der Waals surface area (Å²) >= 11 is 11.8. The summed E-state index contributed by atoms with van der Waals surface area (Å²) in [5, 5.41) is 11.7. The van der Waals surface area contributed by atoms with E-state index in [1.807, 2.05) is 0 Å². The molecular formula is C12H14Cl2N2O6S. The Labute approximate surface area is 142 Å². The Morgan fingerprint density at radius 1 is 1.26 bits per heavy atom. The van der Waals surface area contributed by atoms with E-state index in [1.54, 1.807) is 10.8 Å². The van der Waals surface area contributed by atoms with Gasteiger partial charge < -0.3 is 10.4 Å². The van der Waals surface area contributed by atoms with Crippen molar-refractivity contribution in [2.24, 2.45) is 0 Å². The number of carbonyl (C=O) groups is 2. The van der Waals surface area contributed by atoms with Gasteiger partial charge in [-0.05, 0) is 24.6 Å². The van der Waals surface area contributed by atoms with Crippen LogP contribution in [0.3, 0.4) is 0 Å². The van der Waals surface area contributed by atoms with Crippen molar-refractivity contribution in [2.75, 3.05) is 0 Å². The van der Waals surface area contributed by atoms with E-state index in [9.17, 15) is 18.0 Å². The first kappa shape index (κ1) is 19.7. The lowest BCUT2D eigenvalue weighted by Gasteiger charge is -2.21. The zero-order valence-electron chi connectivity index (χ0n) is 11.8. The van der Waals surface area contributed by atoms with Gasteiger partial charge in [0.1, 0.15) is 6.04 Å². The third-order valence-corrected chi connectivity index (χ3v) is 4.19. The Hall–Kier alpha value is -1.39. The van der Waals surface area contributed by atoms with Crippen molar-refractivity contribution in [3.8, 4) is 0 Å². The van der Waals surface area contributed by atoms with Crippen LogP contribution in [0.5, 0.6) is 0 Å². The number of carboxylic acid groups (broad SMARTS) is 1. The van der Waals surface area contributed by atoms with Crippen molar-refractivity contribution >= 4 is 45.4 Å². The number of carboxylic acids is 1. The van der Waals surface area contributed by atoms with Crippen molar-refractivity contribution < 1.29 is 27.7 Å². The van der Waals surface area contributed by atoms with Crippen LogP contribution in [-0.2, 0) is 26.3 Å².